The van der Waals surface area contributed by atoms with Crippen LogP contribution < -0.4 is 17.2 Å². The van der Waals surface area contributed by atoms with Gasteiger partial charge in [0.1, 0.15) is 0 Å². The Balaban J connectivity index is 3.34. The van der Waals surface area contributed by atoms with Crippen LogP contribution in [0, 0.1) is 6.92 Å². The zero-order valence-electron chi connectivity index (χ0n) is 8.84. The highest BCUT2D eigenvalue weighted by molar-refractivity contribution is 9.11. The van der Waals surface area contributed by atoms with Gasteiger partial charge in [-0.15, -0.1) is 0 Å². The van der Waals surface area contributed by atoms with Crippen molar-refractivity contribution >= 4 is 65.4 Å². The van der Waals surface area contributed by atoms with Gasteiger partial charge in [0.05, 0.1) is 5.69 Å². The van der Waals surface area contributed by atoms with Crippen molar-refractivity contribution in [1.29, 1.82) is 0 Å². The van der Waals surface area contributed by atoms with E-state index in [0.717, 1.165) is 19.0 Å². The number of nitrogens with two attached hydrogens (primary N) is 3. The quantitative estimate of drug-likeness (QED) is 0.474. The first-order chi connectivity index (χ1) is 7.82. The number of guanidine groups is 2. The number of rotatable bonds is 1. The van der Waals surface area contributed by atoms with Gasteiger partial charge < -0.3 is 17.2 Å². The molecule has 1 rings (SSSR count). The molecule has 92 valence electrons. The van der Waals surface area contributed by atoms with E-state index in [2.05, 4.69) is 57.8 Å². The van der Waals surface area contributed by atoms with Crippen LogP contribution in [0.5, 0.6) is 0 Å². The maximum atomic E-state index is 5.58. The molecule has 0 aliphatic rings. The molecular formula is C9H10Br3N5. The summed E-state index contributed by atoms with van der Waals surface area (Å²) in [6.45, 7) is 1.94. The Bertz CT molecular complexity index is 506. The molecule has 0 aromatic heterocycles. The normalized spacial score (nSPS) is 11.4. The van der Waals surface area contributed by atoms with E-state index >= 15 is 0 Å². The summed E-state index contributed by atoms with van der Waals surface area (Å²) < 4.78 is 2.54. The van der Waals surface area contributed by atoms with Crippen LogP contribution in [0.15, 0.2) is 29.5 Å². The van der Waals surface area contributed by atoms with E-state index in [1.807, 2.05) is 13.0 Å². The molecule has 0 aliphatic heterocycles. The number of halogens is 3. The molecule has 1 aromatic rings. The van der Waals surface area contributed by atoms with Crippen molar-refractivity contribution in [3.05, 3.63) is 25.0 Å². The summed E-state index contributed by atoms with van der Waals surface area (Å²) in [7, 11) is 0. The second-order valence-corrected chi connectivity index (χ2v) is 5.64. The molecule has 0 atom stereocenters. The molecule has 0 amide bonds. The third-order valence-electron chi connectivity index (χ3n) is 1.85. The lowest BCUT2D eigenvalue weighted by molar-refractivity contribution is 1.31. The summed E-state index contributed by atoms with van der Waals surface area (Å²) >= 11 is 10.3. The summed E-state index contributed by atoms with van der Waals surface area (Å²) in [5.74, 6) is -0.138. The molecular weight excluding hydrogens is 418 g/mol. The van der Waals surface area contributed by atoms with E-state index in [4.69, 9.17) is 17.2 Å². The highest BCUT2D eigenvalue weighted by Gasteiger charge is 2.11. The summed E-state index contributed by atoms with van der Waals surface area (Å²) in [6, 6.07) is 1.88. The standard InChI is InChI=1S/C9H10Br3N5/c1-3-4(10)2-5(11)7(6(3)12)16-9(15)17-8(13)14/h2H,1H3,(H6,13,14,15,16,17). The van der Waals surface area contributed by atoms with Crippen LogP contribution in [-0.2, 0) is 0 Å². The van der Waals surface area contributed by atoms with Gasteiger partial charge in [0.15, 0.2) is 5.96 Å². The Hall–Kier alpha value is -0.600. The van der Waals surface area contributed by atoms with Crippen LogP contribution in [0.3, 0.4) is 0 Å². The molecule has 0 spiro atoms. The van der Waals surface area contributed by atoms with Crippen molar-refractivity contribution in [3.63, 3.8) is 0 Å². The highest BCUT2D eigenvalue weighted by atomic mass is 79.9. The molecule has 0 aliphatic carbocycles. The molecule has 6 N–H and O–H groups in total. The minimum Gasteiger partial charge on any atom is -0.370 e. The first kappa shape index (κ1) is 14.5. The Morgan fingerprint density at radius 3 is 2.24 bits per heavy atom. The zero-order chi connectivity index (χ0) is 13.2. The van der Waals surface area contributed by atoms with E-state index in [9.17, 15) is 0 Å². The third-order valence-corrected chi connectivity index (χ3v) is 4.24. The minimum atomic E-state index is -0.132. The first-order valence-electron chi connectivity index (χ1n) is 4.40. The van der Waals surface area contributed by atoms with E-state index in [-0.39, 0.29) is 11.9 Å². The first-order valence-corrected chi connectivity index (χ1v) is 6.78. The molecule has 0 heterocycles. The van der Waals surface area contributed by atoms with Crippen molar-refractivity contribution in [2.24, 2.45) is 27.2 Å². The Kier molecular flexibility index (Phi) is 4.96. The fourth-order valence-electron chi connectivity index (χ4n) is 1.05. The molecule has 0 unspecified atom stereocenters. The number of nitrogens with zero attached hydrogens (tertiary/aromatic N) is 2. The van der Waals surface area contributed by atoms with Crippen molar-refractivity contribution in [2.75, 3.05) is 0 Å². The molecule has 8 heteroatoms. The number of benzene rings is 1. The van der Waals surface area contributed by atoms with Gasteiger partial charge in [-0.3, -0.25) is 0 Å². The van der Waals surface area contributed by atoms with Crippen LogP contribution in [0.1, 0.15) is 5.56 Å². The fraction of sp³-hybridized carbons (Fsp3) is 0.111. The molecule has 0 saturated carbocycles. The monoisotopic (exact) mass is 425 g/mol. The average molecular weight is 428 g/mol. The van der Waals surface area contributed by atoms with Crippen molar-refractivity contribution in [2.45, 2.75) is 6.92 Å². The molecule has 5 nitrogen and oxygen atoms in total. The van der Waals surface area contributed by atoms with Gasteiger partial charge >= 0.3 is 0 Å². The van der Waals surface area contributed by atoms with Gasteiger partial charge in [0.2, 0.25) is 5.96 Å². The van der Waals surface area contributed by atoms with E-state index < -0.39 is 0 Å². The second kappa shape index (κ2) is 5.83. The fourth-order valence-corrected chi connectivity index (χ4v) is 3.35. The predicted molar refractivity (Wildman–Crippen MR) is 81.4 cm³/mol. The van der Waals surface area contributed by atoms with Gasteiger partial charge in [0.25, 0.3) is 0 Å². The van der Waals surface area contributed by atoms with Gasteiger partial charge in [-0.05, 0) is 50.4 Å². The van der Waals surface area contributed by atoms with Gasteiger partial charge in [0, 0.05) is 13.4 Å². The van der Waals surface area contributed by atoms with Crippen LogP contribution in [0.4, 0.5) is 5.69 Å². The summed E-state index contributed by atoms with van der Waals surface area (Å²) in [5.41, 5.74) is 17.6. The van der Waals surface area contributed by atoms with Crippen LogP contribution in [0.2, 0.25) is 0 Å². The number of hydrogen-bond acceptors (Lipinski definition) is 1. The van der Waals surface area contributed by atoms with Gasteiger partial charge in [-0.1, -0.05) is 15.9 Å². The van der Waals surface area contributed by atoms with Gasteiger partial charge in [-0.25, -0.2) is 4.99 Å². The van der Waals surface area contributed by atoms with Gasteiger partial charge in [-0.2, -0.15) is 4.99 Å². The summed E-state index contributed by atoms with van der Waals surface area (Å²) in [4.78, 5) is 7.79. The molecule has 0 radical (unpaired) electrons. The highest BCUT2D eigenvalue weighted by Crippen LogP contribution is 2.39. The van der Waals surface area contributed by atoms with Crippen molar-refractivity contribution < 1.29 is 0 Å². The summed E-state index contributed by atoms with van der Waals surface area (Å²) in [6.07, 6.45) is 0. The topological polar surface area (TPSA) is 103 Å². The smallest absolute Gasteiger partial charge is 0.223 e. The predicted octanol–water partition coefficient (Wildman–Crippen LogP) is 2.50. The third kappa shape index (κ3) is 3.68. The number of hydrogen-bond donors (Lipinski definition) is 3. The Morgan fingerprint density at radius 1 is 1.12 bits per heavy atom. The van der Waals surface area contributed by atoms with E-state index in [0.29, 0.717) is 5.69 Å². The molecule has 17 heavy (non-hydrogen) atoms. The lowest BCUT2D eigenvalue weighted by atomic mass is 10.2. The zero-order valence-corrected chi connectivity index (χ0v) is 13.6. The summed E-state index contributed by atoms with van der Waals surface area (Å²) in [5, 5.41) is 0. The molecule has 0 bridgehead atoms. The van der Waals surface area contributed by atoms with Crippen molar-refractivity contribution in [1.82, 2.24) is 0 Å². The molecule has 0 fully saturated rings. The van der Waals surface area contributed by atoms with E-state index in [1.54, 1.807) is 0 Å². The minimum absolute atomic E-state index is 0.00637. The lowest BCUT2D eigenvalue weighted by Gasteiger charge is -2.08. The maximum Gasteiger partial charge on any atom is 0.223 e. The maximum absolute atomic E-state index is 5.58. The number of aliphatic imine (C=N–C) groups is 2. The Labute approximate surface area is 124 Å². The van der Waals surface area contributed by atoms with Crippen molar-refractivity contribution in [3.8, 4) is 0 Å². The van der Waals surface area contributed by atoms with E-state index in [1.165, 1.54) is 0 Å². The largest absolute Gasteiger partial charge is 0.370 e. The average Bonchev–Trinajstić information content (AvgIpc) is 2.20. The Morgan fingerprint density at radius 2 is 1.71 bits per heavy atom. The second-order valence-electron chi connectivity index (χ2n) is 3.13. The molecule has 1 aromatic carbocycles. The van der Waals surface area contributed by atoms with Crippen LogP contribution in [0.25, 0.3) is 0 Å². The van der Waals surface area contributed by atoms with Crippen LogP contribution in [-0.4, -0.2) is 11.9 Å². The van der Waals surface area contributed by atoms with Crippen LogP contribution >= 0.6 is 47.8 Å². The lowest BCUT2D eigenvalue weighted by Crippen LogP contribution is -2.26. The SMILES string of the molecule is Cc1c(Br)cc(Br)c(N=C(N)N=C(N)N)c1Br. The molecule has 0 saturated heterocycles.